The Labute approximate surface area is 297 Å². The van der Waals surface area contributed by atoms with Crippen LogP contribution in [0.15, 0.2) is 180 Å². The highest BCUT2D eigenvalue weighted by Gasteiger charge is 2.28. The van der Waals surface area contributed by atoms with Gasteiger partial charge in [-0.2, -0.15) is 0 Å². The van der Waals surface area contributed by atoms with Crippen LogP contribution in [0, 0.1) is 0 Å². The van der Waals surface area contributed by atoms with Gasteiger partial charge in [0.05, 0.1) is 33.1 Å². The van der Waals surface area contributed by atoms with E-state index in [1.807, 2.05) is 6.07 Å². The Morgan fingerprint density at radius 1 is 0.288 bits per heavy atom. The van der Waals surface area contributed by atoms with E-state index in [9.17, 15) is 0 Å². The van der Waals surface area contributed by atoms with Crippen molar-refractivity contribution in [1.29, 1.82) is 0 Å². The summed E-state index contributed by atoms with van der Waals surface area (Å²) in [7, 11) is 0. The lowest BCUT2D eigenvalue weighted by atomic mass is 10.0. The van der Waals surface area contributed by atoms with Crippen molar-refractivity contribution in [3.8, 4) is 17.1 Å². The Morgan fingerprint density at radius 2 is 0.712 bits per heavy atom. The van der Waals surface area contributed by atoms with E-state index in [-0.39, 0.29) is 0 Å². The fraction of sp³-hybridized carbons (Fsp3) is 0. The first-order valence-corrected chi connectivity index (χ1v) is 17.8. The van der Waals surface area contributed by atoms with Crippen LogP contribution in [0.5, 0.6) is 0 Å². The molecule has 0 atom stereocenters. The number of benzene rings is 8. The Hall–Kier alpha value is -7.04. The van der Waals surface area contributed by atoms with Gasteiger partial charge in [0.15, 0.2) is 0 Å². The normalized spacial score (nSPS) is 12.2. The van der Waals surface area contributed by atoms with Crippen molar-refractivity contribution in [3.05, 3.63) is 176 Å². The molecule has 242 valence electrons. The number of rotatable bonds is 3. The van der Waals surface area contributed by atoms with Gasteiger partial charge in [-0.1, -0.05) is 109 Å². The third-order valence-corrected chi connectivity index (χ3v) is 11.0. The van der Waals surface area contributed by atoms with Gasteiger partial charge >= 0.3 is 0 Å². The summed E-state index contributed by atoms with van der Waals surface area (Å²) in [6.07, 6.45) is 0. The molecule has 0 radical (unpaired) electrons. The molecule has 0 aliphatic carbocycles. The molecule has 0 amide bonds. The minimum absolute atomic E-state index is 0.884. The predicted molar refractivity (Wildman–Crippen MR) is 217 cm³/mol. The molecule has 4 heterocycles. The van der Waals surface area contributed by atoms with Crippen molar-refractivity contribution in [2.45, 2.75) is 0 Å². The van der Waals surface area contributed by atoms with Crippen molar-refractivity contribution in [2.75, 3.05) is 0 Å². The van der Waals surface area contributed by atoms with E-state index in [0.29, 0.717) is 0 Å². The first kappa shape index (κ1) is 27.7. The van der Waals surface area contributed by atoms with E-state index in [0.717, 1.165) is 44.5 Å². The molecule has 4 nitrogen and oxygen atoms in total. The molecular formula is C48H29N3O. The molecule has 0 aliphatic rings. The molecular weight excluding hydrogens is 635 g/mol. The van der Waals surface area contributed by atoms with Crippen molar-refractivity contribution in [3.63, 3.8) is 0 Å². The first-order chi connectivity index (χ1) is 25.8. The van der Waals surface area contributed by atoms with Gasteiger partial charge in [-0.15, -0.1) is 0 Å². The lowest BCUT2D eigenvalue weighted by molar-refractivity contribution is 0.668. The summed E-state index contributed by atoms with van der Waals surface area (Å²) in [5, 5.41) is 9.66. The molecule has 0 fully saturated rings. The van der Waals surface area contributed by atoms with E-state index in [1.54, 1.807) is 0 Å². The van der Waals surface area contributed by atoms with Crippen LogP contribution in [-0.4, -0.2) is 13.7 Å². The van der Waals surface area contributed by atoms with Gasteiger partial charge in [0, 0.05) is 66.2 Å². The van der Waals surface area contributed by atoms with Gasteiger partial charge < -0.3 is 18.1 Å². The van der Waals surface area contributed by atoms with Crippen molar-refractivity contribution < 1.29 is 4.42 Å². The zero-order valence-electron chi connectivity index (χ0n) is 28.0. The Morgan fingerprint density at radius 3 is 1.31 bits per heavy atom. The van der Waals surface area contributed by atoms with Gasteiger partial charge in [-0.05, 0) is 60.7 Å². The van der Waals surface area contributed by atoms with Crippen LogP contribution in [0.1, 0.15) is 0 Å². The SMILES string of the molecule is c1ccc(-n2c3ccccc3c3c4c5ccccc5n(-c5ccc6c(c5)oc5ccccc56)c4c4c5ccccc5n(-c5ccccc5)c4c32)cc1. The summed E-state index contributed by atoms with van der Waals surface area (Å²) in [5.41, 5.74) is 12.2. The summed E-state index contributed by atoms with van der Waals surface area (Å²) in [6, 6.07) is 63.3. The second-order valence-electron chi connectivity index (χ2n) is 13.7. The molecule has 12 aromatic rings. The molecule has 8 aromatic carbocycles. The zero-order chi connectivity index (χ0) is 33.9. The van der Waals surface area contributed by atoms with Gasteiger partial charge in [0.25, 0.3) is 0 Å². The van der Waals surface area contributed by atoms with Crippen LogP contribution in [0.3, 0.4) is 0 Å². The lowest BCUT2D eigenvalue weighted by Gasteiger charge is -2.14. The fourth-order valence-corrected chi connectivity index (χ4v) is 8.96. The molecule has 0 N–H and O–H groups in total. The molecule has 0 saturated carbocycles. The van der Waals surface area contributed by atoms with Gasteiger partial charge in [0.1, 0.15) is 11.2 Å². The van der Waals surface area contributed by atoms with Gasteiger partial charge in [-0.3, -0.25) is 0 Å². The van der Waals surface area contributed by atoms with Crippen molar-refractivity contribution in [1.82, 2.24) is 13.7 Å². The second-order valence-corrected chi connectivity index (χ2v) is 13.7. The fourth-order valence-electron chi connectivity index (χ4n) is 8.96. The topological polar surface area (TPSA) is 27.9 Å². The van der Waals surface area contributed by atoms with Crippen molar-refractivity contribution in [2.24, 2.45) is 0 Å². The standard InChI is InChI=1S/C48H29N3O/c1-3-15-30(16-4-1)49-38-23-11-8-21-36(38)44-43-35-20-7-12-24-39(35)51(32-27-28-34-33-19-10-14-26-41(33)52-42(34)29-32)46(43)45-37-22-9-13-25-40(37)50(48(45)47(44)49)31-17-5-2-6-18-31/h1-29H. The Balaban J connectivity index is 1.40. The lowest BCUT2D eigenvalue weighted by Crippen LogP contribution is -1.99. The first-order valence-electron chi connectivity index (χ1n) is 17.8. The second kappa shape index (κ2) is 10.3. The molecule has 0 bridgehead atoms. The third kappa shape index (κ3) is 3.55. The van der Waals surface area contributed by atoms with Gasteiger partial charge in [-0.25, -0.2) is 0 Å². The van der Waals surface area contributed by atoms with E-state index in [2.05, 4.69) is 184 Å². The molecule has 4 aromatic heterocycles. The minimum Gasteiger partial charge on any atom is -0.456 e. The predicted octanol–water partition coefficient (Wildman–Crippen LogP) is 12.9. The molecule has 4 heteroatoms. The maximum Gasteiger partial charge on any atom is 0.137 e. The average Bonchev–Trinajstić information content (AvgIpc) is 3.94. The number of para-hydroxylation sites is 6. The molecule has 52 heavy (non-hydrogen) atoms. The van der Waals surface area contributed by atoms with E-state index in [4.69, 9.17) is 4.42 Å². The minimum atomic E-state index is 0.884. The maximum absolute atomic E-state index is 6.49. The number of furan rings is 1. The monoisotopic (exact) mass is 663 g/mol. The highest BCUT2D eigenvalue weighted by molar-refractivity contribution is 6.40. The molecule has 0 unspecified atom stereocenters. The number of aromatic nitrogens is 3. The smallest absolute Gasteiger partial charge is 0.137 e. The van der Waals surface area contributed by atoms with Crippen molar-refractivity contribution >= 4 is 87.4 Å². The highest BCUT2D eigenvalue weighted by Crippen LogP contribution is 2.50. The number of fused-ring (bicyclic) bond motifs is 15. The van der Waals surface area contributed by atoms with Gasteiger partial charge in [0.2, 0.25) is 0 Å². The number of hydrogen-bond donors (Lipinski definition) is 0. The molecule has 0 saturated heterocycles. The molecule has 12 rings (SSSR count). The Kier molecular flexibility index (Phi) is 5.47. The summed E-state index contributed by atoms with van der Waals surface area (Å²) >= 11 is 0. The van der Waals surface area contributed by atoms with E-state index < -0.39 is 0 Å². The summed E-state index contributed by atoms with van der Waals surface area (Å²) in [4.78, 5) is 0. The van der Waals surface area contributed by atoms with E-state index >= 15 is 0 Å². The van der Waals surface area contributed by atoms with Crippen LogP contribution in [0.2, 0.25) is 0 Å². The van der Waals surface area contributed by atoms with Crippen LogP contribution >= 0.6 is 0 Å². The molecule has 0 aliphatic heterocycles. The summed E-state index contributed by atoms with van der Waals surface area (Å²) in [5.74, 6) is 0. The van der Waals surface area contributed by atoms with Crippen LogP contribution in [-0.2, 0) is 0 Å². The number of hydrogen-bond acceptors (Lipinski definition) is 1. The van der Waals surface area contributed by atoms with E-state index in [1.165, 1.54) is 59.9 Å². The quantitative estimate of drug-likeness (QED) is 0.185. The van der Waals surface area contributed by atoms with Crippen LogP contribution in [0.25, 0.3) is 104 Å². The summed E-state index contributed by atoms with van der Waals surface area (Å²) in [6.45, 7) is 0. The Bertz CT molecular complexity index is 3390. The average molecular weight is 664 g/mol. The third-order valence-electron chi connectivity index (χ3n) is 11.0. The zero-order valence-corrected chi connectivity index (χ0v) is 28.0. The highest BCUT2D eigenvalue weighted by atomic mass is 16.3. The number of nitrogens with zero attached hydrogens (tertiary/aromatic N) is 3. The maximum atomic E-state index is 6.49. The molecule has 0 spiro atoms. The largest absolute Gasteiger partial charge is 0.456 e. The van der Waals surface area contributed by atoms with Crippen LogP contribution < -0.4 is 0 Å². The van der Waals surface area contributed by atoms with Crippen LogP contribution in [0.4, 0.5) is 0 Å². The summed E-state index contributed by atoms with van der Waals surface area (Å²) < 4.78 is 13.9.